The Morgan fingerprint density at radius 3 is 2.70 bits per heavy atom. The van der Waals surface area contributed by atoms with Crippen molar-refractivity contribution in [1.82, 2.24) is 20.2 Å². The van der Waals surface area contributed by atoms with Crippen molar-refractivity contribution in [2.75, 3.05) is 49.3 Å². The molecule has 5 fully saturated rings. The minimum Gasteiger partial charge on any atom is -0.508 e. The second-order valence-corrected chi connectivity index (χ2v) is 12.7. The number of hydrogen-bond donors (Lipinski definition) is 2. The molecule has 0 spiro atoms. The first-order chi connectivity index (χ1) is 20.6. The molecule has 0 saturated carbocycles. The largest absolute Gasteiger partial charge is 0.508 e. The number of piperazine rings is 1. The molecule has 7 heterocycles. The number of phenols is 1. The third-order valence-electron chi connectivity index (χ3n) is 9.93. The molecule has 8 rings (SSSR count). The number of piperidine rings is 2. The fourth-order valence-electron chi connectivity index (χ4n) is 7.86. The maximum Gasteiger partial charge on any atom is 0.419 e. The van der Waals surface area contributed by atoms with Crippen LogP contribution in [0.25, 0.3) is 0 Å². The zero-order valence-corrected chi connectivity index (χ0v) is 24.2. The van der Waals surface area contributed by atoms with Crippen molar-refractivity contribution in [3.05, 3.63) is 34.0 Å². The second-order valence-electron chi connectivity index (χ2n) is 12.3. The van der Waals surface area contributed by atoms with Crippen molar-refractivity contribution in [3.8, 4) is 11.8 Å². The Morgan fingerprint density at radius 1 is 1.16 bits per heavy atom. The molecule has 0 radical (unpaired) electrons. The maximum absolute atomic E-state index is 14.1. The highest BCUT2D eigenvalue weighted by Gasteiger charge is 2.50. The lowest BCUT2D eigenvalue weighted by atomic mass is 9.92. The number of halogens is 5. The predicted octanol–water partition coefficient (Wildman–Crippen LogP) is 4.34. The summed E-state index contributed by atoms with van der Waals surface area (Å²) in [6, 6.07) is 1.96. The zero-order chi connectivity index (χ0) is 30.1. The van der Waals surface area contributed by atoms with Gasteiger partial charge in [0, 0.05) is 49.4 Å². The summed E-state index contributed by atoms with van der Waals surface area (Å²) in [5, 5.41) is 12.9. The molecule has 5 saturated heterocycles. The Kier molecular flexibility index (Phi) is 7.13. The Labute approximate surface area is 251 Å². The van der Waals surface area contributed by atoms with E-state index in [1.807, 2.05) is 0 Å². The number of benzene rings is 1. The average Bonchev–Trinajstić information content (AvgIpc) is 3.54. The minimum atomic E-state index is -4.86. The Balaban J connectivity index is 1.27. The number of ether oxygens (including phenoxy) is 1. The van der Waals surface area contributed by atoms with Crippen molar-refractivity contribution < 1.29 is 32.2 Å². The lowest BCUT2D eigenvalue weighted by Gasteiger charge is -2.47. The summed E-state index contributed by atoms with van der Waals surface area (Å²) < 4.78 is 62.2. The van der Waals surface area contributed by atoms with Crippen LogP contribution in [0.2, 0.25) is 5.02 Å². The molecule has 43 heavy (non-hydrogen) atoms. The van der Waals surface area contributed by atoms with E-state index in [0.29, 0.717) is 17.9 Å². The number of nitrogens with one attached hydrogen (secondary N) is 1. The number of hydrogen-bond acceptors (Lipinski definition) is 8. The monoisotopic (exact) mass is 624 g/mol. The van der Waals surface area contributed by atoms with Gasteiger partial charge in [-0.05, 0) is 57.6 Å². The number of anilines is 2. The third kappa shape index (κ3) is 4.87. The van der Waals surface area contributed by atoms with E-state index >= 15 is 0 Å². The summed E-state index contributed by atoms with van der Waals surface area (Å²) in [6.07, 6.45) is 0.627. The van der Waals surface area contributed by atoms with Crippen LogP contribution >= 0.6 is 11.6 Å². The maximum atomic E-state index is 14.1. The summed E-state index contributed by atoms with van der Waals surface area (Å²) in [5.41, 5.74) is -1.51. The number of amides is 1. The van der Waals surface area contributed by atoms with Crippen LogP contribution in [0.3, 0.4) is 0 Å². The second kappa shape index (κ2) is 10.6. The molecule has 6 aliphatic heterocycles. The molecule has 2 bridgehead atoms. The molecule has 1 aromatic carbocycles. The van der Waals surface area contributed by atoms with Gasteiger partial charge in [0.15, 0.2) is 0 Å². The first-order valence-corrected chi connectivity index (χ1v) is 15.2. The number of alkyl halides is 4. The van der Waals surface area contributed by atoms with Gasteiger partial charge in [-0.25, -0.2) is 4.39 Å². The first-order valence-electron chi connectivity index (χ1n) is 14.9. The zero-order valence-electron chi connectivity index (χ0n) is 23.5. The average molecular weight is 625 g/mol. The summed E-state index contributed by atoms with van der Waals surface area (Å²) in [5.74, 6) is -0.663. The molecule has 1 aromatic heterocycles. The molecule has 6 aliphatic rings. The highest BCUT2D eigenvalue weighted by atomic mass is 35.5. The van der Waals surface area contributed by atoms with Crippen LogP contribution in [0.4, 0.5) is 29.1 Å². The summed E-state index contributed by atoms with van der Waals surface area (Å²) >= 11 is 5.94. The highest BCUT2D eigenvalue weighted by molar-refractivity contribution is 6.32. The molecule has 232 valence electrons. The number of carbonyl (C=O) groups excluding carboxylic acids is 1. The van der Waals surface area contributed by atoms with E-state index in [4.69, 9.17) is 21.3 Å². The highest BCUT2D eigenvalue weighted by Crippen LogP contribution is 2.46. The molecular weight excluding hydrogens is 592 g/mol. The molecule has 2 N–H and O–H groups in total. The number of rotatable bonds is 6. The van der Waals surface area contributed by atoms with Crippen LogP contribution in [-0.4, -0.2) is 89.0 Å². The normalized spacial score (nSPS) is 28.9. The molecule has 2 unspecified atom stereocenters. The van der Waals surface area contributed by atoms with Crippen LogP contribution in [0.1, 0.15) is 60.1 Å². The smallest absolute Gasteiger partial charge is 0.419 e. The van der Waals surface area contributed by atoms with Gasteiger partial charge in [0.2, 0.25) is 0 Å². The lowest BCUT2D eigenvalue weighted by molar-refractivity contribution is -0.137. The Morgan fingerprint density at radius 2 is 2.00 bits per heavy atom. The minimum absolute atomic E-state index is 0.0201. The van der Waals surface area contributed by atoms with E-state index in [1.54, 1.807) is 0 Å². The fourth-order valence-corrected chi connectivity index (χ4v) is 8.18. The van der Waals surface area contributed by atoms with Crippen molar-refractivity contribution in [2.24, 2.45) is 0 Å². The molecule has 9 nitrogen and oxygen atoms in total. The summed E-state index contributed by atoms with van der Waals surface area (Å²) in [6.45, 7) is 1.97. The SMILES string of the molecule is O=C1c2nc(OC[C@]34CCCN3[C@@H](CF)CC4)nc(N3CC4CCC3CN4)c2CCN1c1cc(O)cc(Cl)c1C(F)(F)F. The third-order valence-corrected chi connectivity index (χ3v) is 10.2. The Bertz CT molecular complexity index is 1440. The molecule has 4 atom stereocenters. The van der Waals surface area contributed by atoms with Crippen molar-refractivity contribution in [1.29, 1.82) is 0 Å². The lowest BCUT2D eigenvalue weighted by Crippen LogP contribution is -2.61. The fraction of sp³-hybridized carbons (Fsp3) is 0.621. The van der Waals surface area contributed by atoms with Gasteiger partial charge < -0.3 is 25.0 Å². The van der Waals surface area contributed by atoms with Crippen molar-refractivity contribution >= 4 is 29.0 Å². The van der Waals surface area contributed by atoms with Crippen molar-refractivity contribution in [2.45, 2.75) is 74.8 Å². The number of carbonyl (C=O) groups is 1. The molecule has 14 heteroatoms. The van der Waals surface area contributed by atoms with E-state index in [-0.39, 0.29) is 54.9 Å². The van der Waals surface area contributed by atoms with Gasteiger partial charge >= 0.3 is 12.2 Å². The van der Waals surface area contributed by atoms with Crippen LogP contribution in [0.5, 0.6) is 11.8 Å². The van der Waals surface area contributed by atoms with Gasteiger partial charge in [-0.3, -0.25) is 9.69 Å². The predicted molar refractivity (Wildman–Crippen MR) is 151 cm³/mol. The van der Waals surface area contributed by atoms with Gasteiger partial charge in [-0.15, -0.1) is 0 Å². The molecule has 1 amide bonds. The van der Waals surface area contributed by atoms with Gasteiger partial charge in [0.05, 0.1) is 21.8 Å². The number of phenolic OH excluding ortho intramolecular Hbond substituents is 1. The van der Waals surface area contributed by atoms with E-state index in [9.17, 15) is 27.5 Å². The number of aromatic hydroxyl groups is 1. The molecule has 0 aliphatic carbocycles. The van der Waals surface area contributed by atoms with Gasteiger partial charge in [0.1, 0.15) is 30.5 Å². The van der Waals surface area contributed by atoms with Gasteiger partial charge in [0.25, 0.3) is 5.91 Å². The van der Waals surface area contributed by atoms with E-state index in [0.717, 1.165) is 68.6 Å². The molecule has 2 aromatic rings. The van der Waals surface area contributed by atoms with Crippen LogP contribution in [0, 0.1) is 0 Å². The molecular formula is C29H33ClF4N6O3. The Hall–Kier alpha value is -2.90. The quantitative estimate of drug-likeness (QED) is 0.459. The number of fused-ring (bicyclic) bond motifs is 5. The summed E-state index contributed by atoms with van der Waals surface area (Å²) in [4.78, 5) is 28.6. The van der Waals surface area contributed by atoms with Gasteiger partial charge in [-0.2, -0.15) is 23.1 Å². The van der Waals surface area contributed by atoms with Crippen molar-refractivity contribution in [3.63, 3.8) is 0 Å². The first kappa shape index (κ1) is 28.8. The van der Waals surface area contributed by atoms with Crippen LogP contribution < -0.4 is 19.9 Å². The number of aromatic nitrogens is 2. The van der Waals surface area contributed by atoms with Crippen LogP contribution in [-0.2, 0) is 12.6 Å². The van der Waals surface area contributed by atoms with E-state index in [1.165, 1.54) is 0 Å². The van der Waals surface area contributed by atoms with Gasteiger partial charge in [-0.1, -0.05) is 11.6 Å². The van der Waals surface area contributed by atoms with E-state index < -0.39 is 40.8 Å². The topological polar surface area (TPSA) is 94.1 Å². The van der Waals surface area contributed by atoms with E-state index in [2.05, 4.69) is 20.1 Å². The number of nitrogens with zero attached hydrogens (tertiary/aromatic N) is 5. The van der Waals surface area contributed by atoms with Crippen LogP contribution in [0.15, 0.2) is 12.1 Å². The standard InChI is InChI=1S/C29H33ClF4N6O3/c30-21-10-19(41)11-22(23(21)29(32,33)34)38-9-5-20-24(26(38)42)36-27(37-25(20)39-14-16-2-3-18(39)13-35-16)43-15-28-6-1-8-40(28)17(12-31)4-7-28/h10-11,16-18,35,41H,1-9,12-15H2/t16?,17-,18?,28-/m1/s1. The summed E-state index contributed by atoms with van der Waals surface area (Å²) in [7, 11) is 0.